The minimum atomic E-state index is -0.559. The number of hydrogen-bond donors (Lipinski definition) is 2. The van der Waals surface area contributed by atoms with E-state index in [2.05, 4.69) is 15.6 Å². The third kappa shape index (κ3) is 3.93. The van der Waals surface area contributed by atoms with Crippen LogP contribution < -0.4 is 10.6 Å². The van der Waals surface area contributed by atoms with Gasteiger partial charge in [-0.3, -0.25) is 20.2 Å². The minimum Gasteiger partial charge on any atom is -0.332 e. The Bertz CT molecular complexity index is 735. The molecule has 0 spiro atoms. The number of benzene rings is 1. The van der Waals surface area contributed by atoms with Crippen LogP contribution in [0.5, 0.6) is 0 Å². The maximum absolute atomic E-state index is 10.7. The summed E-state index contributed by atoms with van der Waals surface area (Å²) in [6, 6.07) is 8.51. The van der Waals surface area contributed by atoms with Gasteiger partial charge in [0.15, 0.2) is 5.11 Å². The molecule has 0 radical (unpaired) electrons. The van der Waals surface area contributed by atoms with Crippen LogP contribution in [0.25, 0.3) is 0 Å². The van der Waals surface area contributed by atoms with Crippen LogP contribution in [0.15, 0.2) is 42.6 Å². The average molecular weight is 319 g/mol. The first-order chi connectivity index (χ1) is 10.5. The van der Waals surface area contributed by atoms with Crippen molar-refractivity contribution in [3.05, 3.63) is 62.8 Å². The molecule has 0 aliphatic carbocycles. The Labute approximate surface area is 129 Å². The van der Waals surface area contributed by atoms with Crippen molar-refractivity contribution in [3.63, 3.8) is 0 Å². The first kappa shape index (κ1) is 15.3. The zero-order valence-corrected chi connectivity index (χ0v) is 11.7. The number of anilines is 2. The number of hydrogen-bond acceptors (Lipinski definition) is 6. The van der Waals surface area contributed by atoms with E-state index < -0.39 is 9.85 Å². The van der Waals surface area contributed by atoms with Crippen molar-refractivity contribution in [2.24, 2.45) is 0 Å². The molecule has 0 fully saturated rings. The monoisotopic (exact) mass is 319 g/mol. The fourth-order valence-electron chi connectivity index (χ4n) is 1.54. The Morgan fingerprint density at radius 3 is 2.36 bits per heavy atom. The topological polar surface area (TPSA) is 123 Å². The largest absolute Gasteiger partial charge is 0.332 e. The molecule has 0 aliphatic rings. The van der Waals surface area contributed by atoms with Crippen molar-refractivity contribution in [3.8, 4) is 0 Å². The van der Waals surface area contributed by atoms with Gasteiger partial charge >= 0.3 is 0 Å². The van der Waals surface area contributed by atoms with Crippen molar-refractivity contribution in [2.45, 2.75) is 0 Å². The number of nitro benzene ring substituents is 1. The Hall–Kier alpha value is -3.14. The first-order valence-electron chi connectivity index (χ1n) is 5.88. The molecule has 2 aromatic rings. The lowest BCUT2D eigenvalue weighted by Gasteiger charge is -2.09. The molecule has 1 heterocycles. The molecule has 9 nitrogen and oxygen atoms in total. The zero-order chi connectivity index (χ0) is 16.1. The third-order valence-electron chi connectivity index (χ3n) is 2.52. The molecule has 0 atom stereocenters. The maximum atomic E-state index is 10.7. The number of thiocarbonyl (C=S) groups is 1. The molecule has 2 rings (SSSR count). The predicted octanol–water partition coefficient (Wildman–Crippen LogP) is 2.71. The first-order valence-corrected chi connectivity index (χ1v) is 6.29. The van der Waals surface area contributed by atoms with Crippen LogP contribution >= 0.6 is 12.2 Å². The zero-order valence-electron chi connectivity index (χ0n) is 10.9. The summed E-state index contributed by atoms with van der Waals surface area (Å²) < 4.78 is 0. The van der Waals surface area contributed by atoms with Gasteiger partial charge < -0.3 is 10.6 Å². The number of nitro groups is 2. The highest BCUT2D eigenvalue weighted by atomic mass is 32.1. The molecular formula is C12H9N5O4S. The second-order valence-electron chi connectivity index (χ2n) is 4.05. The van der Waals surface area contributed by atoms with Crippen LogP contribution in [0.2, 0.25) is 0 Å². The van der Waals surface area contributed by atoms with Crippen LogP contribution in [-0.4, -0.2) is 19.9 Å². The summed E-state index contributed by atoms with van der Waals surface area (Å²) in [5.41, 5.74) is 0.234. The second-order valence-corrected chi connectivity index (χ2v) is 4.45. The molecular weight excluding hydrogens is 310 g/mol. The Balaban J connectivity index is 2.02. The van der Waals surface area contributed by atoms with Gasteiger partial charge in [0.25, 0.3) is 11.4 Å². The lowest BCUT2D eigenvalue weighted by Crippen LogP contribution is -2.19. The Kier molecular flexibility index (Phi) is 4.53. The molecule has 112 valence electrons. The van der Waals surface area contributed by atoms with E-state index in [9.17, 15) is 20.2 Å². The van der Waals surface area contributed by atoms with Crippen molar-refractivity contribution < 1.29 is 9.85 Å². The normalized spacial score (nSPS) is 9.82. The summed E-state index contributed by atoms with van der Waals surface area (Å²) in [6.45, 7) is 0. The van der Waals surface area contributed by atoms with Gasteiger partial charge in [-0.25, -0.2) is 4.98 Å². The summed E-state index contributed by atoms with van der Waals surface area (Å²) in [5, 5.41) is 26.8. The maximum Gasteiger partial charge on any atom is 0.287 e. The Morgan fingerprint density at radius 2 is 1.77 bits per heavy atom. The molecule has 0 bridgehead atoms. The smallest absolute Gasteiger partial charge is 0.287 e. The van der Waals surface area contributed by atoms with Crippen molar-refractivity contribution in [2.75, 3.05) is 10.6 Å². The number of nitrogens with zero attached hydrogens (tertiary/aromatic N) is 3. The molecule has 10 heteroatoms. The predicted molar refractivity (Wildman–Crippen MR) is 83.8 cm³/mol. The van der Waals surface area contributed by atoms with Gasteiger partial charge in [-0.1, -0.05) is 6.07 Å². The highest BCUT2D eigenvalue weighted by Gasteiger charge is 2.08. The van der Waals surface area contributed by atoms with E-state index in [-0.39, 0.29) is 16.5 Å². The van der Waals surface area contributed by atoms with Gasteiger partial charge in [0.05, 0.1) is 9.85 Å². The van der Waals surface area contributed by atoms with E-state index in [1.165, 1.54) is 30.3 Å². The summed E-state index contributed by atoms with van der Waals surface area (Å²) in [7, 11) is 0. The lowest BCUT2D eigenvalue weighted by atomic mass is 10.3. The van der Waals surface area contributed by atoms with Crippen LogP contribution in [-0.2, 0) is 0 Å². The molecule has 22 heavy (non-hydrogen) atoms. The molecule has 0 amide bonds. The van der Waals surface area contributed by atoms with E-state index >= 15 is 0 Å². The summed E-state index contributed by atoms with van der Waals surface area (Å²) in [4.78, 5) is 24.0. The summed E-state index contributed by atoms with van der Waals surface area (Å²) in [5.74, 6) is 0.313. The summed E-state index contributed by atoms with van der Waals surface area (Å²) >= 11 is 5.05. The molecule has 0 saturated carbocycles. The minimum absolute atomic E-state index is 0.0683. The van der Waals surface area contributed by atoms with Gasteiger partial charge in [-0.15, -0.1) is 0 Å². The van der Waals surface area contributed by atoms with E-state index in [1.807, 2.05) is 0 Å². The van der Waals surface area contributed by atoms with Crippen LogP contribution in [0.4, 0.5) is 22.9 Å². The molecule has 1 aromatic carbocycles. The van der Waals surface area contributed by atoms with E-state index in [4.69, 9.17) is 12.2 Å². The lowest BCUT2D eigenvalue weighted by molar-refractivity contribution is -0.385. The molecule has 0 aliphatic heterocycles. The summed E-state index contributed by atoms with van der Waals surface area (Å²) in [6.07, 6.45) is 1.10. The van der Waals surface area contributed by atoms with Crippen molar-refractivity contribution >= 4 is 40.2 Å². The van der Waals surface area contributed by atoms with Gasteiger partial charge in [0.1, 0.15) is 12.0 Å². The highest BCUT2D eigenvalue weighted by Crippen LogP contribution is 2.17. The standard InChI is InChI=1S/C12H9N5O4S/c18-16(19)9-3-1-2-8(6-9)14-12(22)15-11-5-4-10(7-13-11)17(20)21/h1-7H,(H2,13,14,15,22). The number of pyridine rings is 1. The van der Waals surface area contributed by atoms with Crippen molar-refractivity contribution in [1.29, 1.82) is 0 Å². The average Bonchev–Trinajstić information content (AvgIpc) is 2.47. The van der Waals surface area contributed by atoms with Crippen LogP contribution in [0, 0.1) is 20.2 Å². The number of rotatable bonds is 4. The number of non-ortho nitro benzene ring substituents is 1. The molecule has 2 N–H and O–H groups in total. The number of nitrogens with one attached hydrogen (secondary N) is 2. The SMILES string of the molecule is O=[N+]([O-])c1ccc(NC(=S)Nc2cccc([N+](=O)[O-])c2)nc1. The van der Waals surface area contributed by atoms with Crippen LogP contribution in [0.1, 0.15) is 0 Å². The van der Waals surface area contributed by atoms with Gasteiger partial charge in [0, 0.05) is 23.9 Å². The highest BCUT2D eigenvalue weighted by molar-refractivity contribution is 7.80. The van der Waals surface area contributed by atoms with Gasteiger partial charge in [-0.2, -0.15) is 0 Å². The van der Waals surface area contributed by atoms with E-state index in [0.717, 1.165) is 6.20 Å². The number of aromatic nitrogens is 1. The van der Waals surface area contributed by atoms with Crippen molar-refractivity contribution in [1.82, 2.24) is 4.98 Å². The second kappa shape index (κ2) is 6.54. The fourth-order valence-corrected chi connectivity index (χ4v) is 1.77. The Morgan fingerprint density at radius 1 is 1.05 bits per heavy atom. The molecule has 0 unspecified atom stereocenters. The molecule has 1 aromatic heterocycles. The van der Waals surface area contributed by atoms with Gasteiger partial charge in [-0.05, 0) is 24.4 Å². The van der Waals surface area contributed by atoms with Gasteiger partial charge in [0.2, 0.25) is 0 Å². The molecule has 0 saturated heterocycles. The van der Waals surface area contributed by atoms with E-state index in [1.54, 1.807) is 6.07 Å². The van der Waals surface area contributed by atoms with Crippen LogP contribution in [0.3, 0.4) is 0 Å². The quantitative estimate of drug-likeness (QED) is 0.501. The fraction of sp³-hybridized carbons (Fsp3) is 0. The third-order valence-corrected chi connectivity index (χ3v) is 2.72. The van der Waals surface area contributed by atoms with E-state index in [0.29, 0.717) is 11.5 Å².